The second kappa shape index (κ2) is 10.5. The fourth-order valence-corrected chi connectivity index (χ4v) is 7.85. The Labute approximate surface area is 261 Å². The van der Waals surface area contributed by atoms with Gasteiger partial charge in [-0.05, 0) is 86.5 Å². The highest BCUT2D eigenvalue weighted by atomic mass is 32.1. The van der Waals surface area contributed by atoms with E-state index in [2.05, 4.69) is 128 Å². The Kier molecular flexibility index (Phi) is 6.35. The summed E-state index contributed by atoms with van der Waals surface area (Å²) in [6, 6.07) is 40.6. The van der Waals surface area contributed by atoms with Gasteiger partial charge in [0.05, 0.1) is 17.1 Å². The minimum absolute atomic E-state index is 0.727. The van der Waals surface area contributed by atoms with Gasteiger partial charge >= 0.3 is 0 Å². The van der Waals surface area contributed by atoms with Crippen LogP contribution in [0.5, 0.6) is 11.5 Å². The number of ether oxygens (including phenoxy) is 1. The van der Waals surface area contributed by atoms with Crippen molar-refractivity contribution < 1.29 is 4.74 Å². The fraction of sp³-hybridized carbons (Fsp3) is 0.103. The van der Waals surface area contributed by atoms with E-state index in [1.165, 1.54) is 53.9 Å². The third-order valence-corrected chi connectivity index (χ3v) is 9.53. The normalized spacial score (nSPS) is 12.7. The first-order valence-corrected chi connectivity index (χ1v) is 15.7. The number of aryl methyl sites for hydroxylation is 3. The van der Waals surface area contributed by atoms with Gasteiger partial charge in [0.2, 0.25) is 0 Å². The highest BCUT2D eigenvalue weighted by Crippen LogP contribution is 2.47. The van der Waals surface area contributed by atoms with Crippen molar-refractivity contribution in [1.82, 2.24) is 4.98 Å². The van der Waals surface area contributed by atoms with E-state index in [0.717, 1.165) is 35.1 Å². The molecular weight excluding hydrogens is 559 g/mol. The van der Waals surface area contributed by atoms with Crippen LogP contribution in [0.15, 0.2) is 121 Å². The number of anilines is 4. The summed E-state index contributed by atoms with van der Waals surface area (Å²) in [4.78, 5) is 9.51. The van der Waals surface area contributed by atoms with Gasteiger partial charge in [-0.15, -0.1) is 11.3 Å². The number of pyridine rings is 1. The molecule has 0 amide bonds. The number of nitrogens with zero attached hydrogens (tertiary/aromatic N) is 3. The molecule has 0 N–H and O–H groups in total. The van der Waals surface area contributed by atoms with Gasteiger partial charge in [0.25, 0.3) is 0 Å². The number of rotatable bonds is 5. The molecule has 2 aromatic heterocycles. The average molecular weight is 590 g/mol. The maximum atomic E-state index is 6.63. The number of hydrogen-bond donors (Lipinski definition) is 0. The Morgan fingerprint density at radius 3 is 2.20 bits per heavy atom. The van der Waals surface area contributed by atoms with Crippen molar-refractivity contribution in [2.75, 3.05) is 16.5 Å². The summed E-state index contributed by atoms with van der Waals surface area (Å²) in [6.07, 6.45) is 1.85. The monoisotopic (exact) mass is 589 g/mol. The van der Waals surface area contributed by atoms with Crippen LogP contribution in [0.1, 0.15) is 16.7 Å². The first kappa shape index (κ1) is 26.5. The molecule has 1 aliphatic heterocycles. The molecule has 0 fully saturated rings. The molecule has 5 aromatic carbocycles. The number of thiophene rings is 1. The van der Waals surface area contributed by atoms with Crippen molar-refractivity contribution in [3.63, 3.8) is 0 Å². The van der Waals surface area contributed by atoms with Gasteiger partial charge in [0, 0.05) is 49.4 Å². The van der Waals surface area contributed by atoms with Crippen molar-refractivity contribution in [2.45, 2.75) is 20.8 Å². The topological polar surface area (TPSA) is 28.6 Å². The molecule has 44 heavy (non-hydrogen) atoms. The second-order valence-corrected chi connectivity index (χ2v) is 12.6. The van der Waals surface area contributed by atoms with E-state index in [9.17, 15) is 0 Å². The molecule has 4 nitrogen and oxygen atoms in total. The summed E-state index contributed by atoms with van der Waals surface area (Å²) in [5.41, 5.74) is 10.7. The molecule has 8 rings (SSSR count). The quantitative estimate of drug-likeness (QED) is 0.200. The molecular formula is C39H31N3OS. The van der Waals surface area contributed by atoms with Gasteiger partial charge in [-0.3, -0.25) is 4.98 Å². The Bertz CT molecular complexity index is 2160. The minimum Gasteiger partial charge on any atom is -0.457 e. The molecule has 0 bridgehead atoms. The Balaban J connectivity index is 1.18. The van der Waals surface area contributed by atoms with Crippen LogP contribution < -0.4 is 14.5 Å². The standard InChI is InChI=1S/C39H31N3OS/c1-25-19-26(2)39(27(3)20-25)42-24-41(34-15-5-6-16-35(34)42)28-11-10-12-29(21-28)43-30-22-32(33-14-8-9-18-40-33)38-31-13-4-7-17-36(31)44-37(38)23-30/h4-23H,24H2,1-3H3. The SMILES string of the molecule is Cc1cc(C)c(N2CN(c3cccc(Oc4cc(-c5ccccn5)c5c(c4)sc4ccccc45)c3)c3ccccc32)c(C)c1. The molecule has 0 radical (unpaired) electrons. The zero-order valence-electron chi connectivity index (χ0n) is 24.9. The largest absolute Gasteiger partial charge is 0.457 e. The number of benzene rings is 5. The lowest BCUT2D eigenvalue weighted by Gasteiger charge is -2.25. The number of hydrogen-bond acceptors (Lipinski definition) is 5. The van der Waals surface area contributed by atoms with Crippen LogP contribution in [-0.2, 0) is 0 Å². The van der Waals surface area contributed by atoms with Gasteiger partial charge in [-0.2, -0.15) is 0 Å². The van der Waals surface area contributed by atoms with Crippen LogP contribution in [0, 0.1) is 20.8 Å². The summed E-state index contributed by atoms with van der Waals surface area (Å²) in [5.74, 6) is 1.60. The molecule has 214 valence electrons. The van der Waals surface area contributed by atoms with Gasteiger partial charge in [-0.1, -0.05) is 60.2 Å². The summed E-state index contributed by atoms with van der Waals surface area (Å²) < 4.78 is 9.08. The maximum absolute atomic E-state index is 6.63. The zero-order valence-corrected chi connectivity index (χ0v) is 25.7. The average Bonchev–Trinajstić information content (AvgIpc) is 3.60. The third kappa shape index (κ3) is 4.48. The molecule has 0 unspecified atom stereocenters. The summed E-state index contributed by atoms with van der Waals surface area (Å²) >= 11 is 1.79. The maximum Gasteiger partial charge on any atom is 0.129 e. The molecule has 0 atom stereocenters. The molecule has 0 aliphatic carbocycles. The van der Waals surface area contributed by atoms with Gasteiger partial charge in [0.1, 0.15) is 18.2 Å². The molecule has 5 heteroatoms. The zero-order chi connectivity index (χ0) is 29.8. The van der Waals surface area contributed by atoms with Crippen LogP contribution in [0.4, 0.5) is 22.7 Å². The van der Waals surface area contributed by atoms with E-state index < -0.39 is 0 Å². The minimum atomic E-state index is 0.727. The highest BCUT2D eigenvalue weighted by molar-refractivity contribution is 7.26. The van der Waals surface area contributed by atoms with Gasteiger partial charge < -0.3 is 14.5 Å². The Hall–Kier alpha value is -5.13. The van der Waals surface area contributed by atoms with E-state index in [4.69, 9.17) is 9.72 Å². The molecule has 3 heterocycles. The number of aromatic nitrogens is 1. The first-order valence-electron chi connectivity index (χ1n) is 14.9. The van der Waals surface area contributed by atoms with Crippen LogP contribution in [-0.4, -0.2) is 11.7 Å². The van der Waals surface area contributed by atoms with E-state index >= 15 is 0 Å². The lowest BCUT2D eigenvalue weighted by Crippen LogP contribution is -2.25. The molecule has 1 aliphatic rings. The lowest BCUT2D eigenvalue weighted by atomic mass is 10.0. The first-order chi connectivity index (χ1) is 21.5. The van der Waals surface area contributed by atoms with Crippen LogP contribution in [0.2, 0.25) is 0 Å². The van der Waals surface area contributed by atoms with Crippen molar-refractivity contribution in [2.24, 2.45) is 0 Å². The van der Waals surface area contributed by atoms with Crippen molar-refractivity contribution in [3.8, 4) is 22.8 Å². The summed E-state index contributed by atoms with van der Waals surface area (Å²) in [6.45, 7) is 7.31. The van der Waals surface area contributed by atoms with Gasteiger partial charge in [-0.25, -0.2) is 0 Å². The predicted molar refractivity (Wildman–Crippen MR) is 185 cm³/mol. The second-order valence-electron chi connectivity index (χ2n) is 11.5. The van der Waals surface area contributed by atoms with Crippen molar-refractivity contribution in [3.05, 3.63) is 138 Å². The molecule has 7 aromatic rings. The van der Waals surface area contributed by atoms with Crippen molar-refractivity contribution >= 4 is 54.3 Å². The van der Waals surface area contributed by atoms with E-state index in [1.54, 1.807) is 11.3 Å². The lowest BCUT2D eigenvalue weighted by molar-refractivity contribution is 0.484. The molecule has 0 saturated carbocycles. The Morgan fingerprint density at radius 1 is 0.659 bits per heavy atom. The molecule has 0 saturated heterocycles. The predicted octanol–water partition coefficient (Wildman–Crippen LogP) is 11.1. The van der Waals surface area contributed by atoms with E-state index in [1.807, 2.05) is 24.4 Å². The summed E-state index contributed by atoms with van der Waals surface area (Å²) in [5, 5.41) is 2.47. The smallest absolute Gasteiger partial charge is 0.129 e. The van der Waals surface area contributed by atoms with E-state index in [0.29, 0.717) is 0 Å². The summed E-state index contributed by atoms with van der Waals surface area (Å²) in [7, 11) is 0. The Morgan fingerprint density at radius 2 is 1.41 bits per heavy atom. The van der Waals surface area contributed by atoms with E-state index in [-0.39, 0.29) is 0 Å². The fourth-order valence-electron chi connectivity index (χ4n) is 6.69. The molecule has 0 spiro atoms. The van der Waals surface area contributed by atoms with Crippen LogP contribution >= 0.6 is 11.3 Å². The highest BCUT2D eigenvalue weighted by Gasteiger charge is 2.29. The van der Waals surface area contributed by atoms with Crippen LogP contribution in [0.3, 0.4) is 0 Å². The number of para-hydroxylation sites is 2. The number of fused-ring (bicyclic) bond motifs is 4. The third-order valence-electron chi connectivity index (χ3n) is 8.41. The van der Waals surface area contributed by atoms with Gasteiger partial charge in [0.15, 0.2) is 0 Å². The van der Waals surface area contributed by atoms with Crippen molar-refractivity contribution in [1.29, 1.82) is 0 Å². The van der Waals surface area contributed by atoms with Crippen LogP contribution in [0.25, 0.3) is 31.4 Å².